The summed E-state index contributed by atoms with van der Waals surface area (Å²) in [6, 6.07) is 43.6. The zero-order valence-corrected chi connectivity index (χ0v) is 32.3. The molecule has 0 saturated carbocycles. The molecule has 6 heteroatoms. The van der Waals surface area contributed by atoms with Gasteiger partial charge in [-0.3, -0.25) is 9.97 Å². The van der Waals surface area contributed by atoms with Gasteiger partial charge < -0.3 is 4.40 Å². The first-order valence-electron chi connectivity index (χ1n) is 17.0. The van der Waals surface area contributed by atoms with E-state index in [1.165, 1.54) is 5.19 Å². The molecule has 0 bridgehead atoms. The van der Waals surface area contributed by atoms with Crippen molar-refractivity contribution in [1.82, 2.24) is 19.4 Å². The van der Waals surface area contributed by atoms with Crippen LogP contribution in [-0.2, 0) is 26.5 Å². The van der Waals surface area contributed by atoms with E-state index < -0.39 is 13.5 Å². The van der Waals surface area contributed by atoms with Gasteiger partial charge in [-0.15, -0.1) is 64.7 Å². The fraction of sp³-hybridized carbons (Fsp3) is 0.233. The molecule has 49 heavy (non-hydrogen) atoms. The maximum atomic E-state index is 5.45. The molecule has 0 aliphatic carbocycles. The summed E-state index contributed by atoms with van der Waals surface area (Å²) in [5.74, 6) is 0. The molecule has 4 nitrogen and oxygen atoms in total. The van der Waals surface area contributed by atoms with Gasteiger partial charge in [-0.2, -0.15) is 0 Å². The van der Waals surface area contributed by atoms with Crippen molar-refractivity contribution in [2.24, 2.45) is 0 Å². The van der Waals surface area contributed by atoms with Gasteiger partial charge in [-0.25, -0.2) is 4.98 Å². The summed E-state index contributed by atoms with van der Waals surface area (Å²) >= 11 is 0. The number of hydrogen-bond acceptors (Lipinski definition) is 3. The molecule has 8 rings (SSSR count). The third kappa shape index (κ3) is 5.16. The minimum atomic E-state index is -1.67. The van der Waals surface area contributed by atoms with Crippen molar-refractivity contribution in [2.75, 3.05) is 0 Å². The fourth-order valence-electron chi connectivity index (χ4n) is 7.62. The Hall–Kier alpha value is -4.18. The number of rotatable bonds is 6. The molecule has 0 radical (unpaired) electrons. The third-order valence-corrected chi connectivity index (χ3v) is 17.4. The number of fused-ring (bicyclic) bond motifs is 9. The zero-order chi connectivity index (χ0) is 33.4. The quantitative estimate of drug-likeness (QED) is 0.0952. The van der Waals surface area contributed by atoms with Crippen LogP contribution in [0, 0.1) is 12.1 Å². The Balaban J connectivity index is 0.00000378. The Morgan fingerprint density at radius 1 is 0.735 bits per heavy atom. The van der Waals surface area contributed by atoms with Crippen LogP contribution in [0.25, 0.3) is 60.5 Å². The first kappa shape index (κ1) is 33.3. The molecule has 0 aliphatic rings. The van der Waals surface area contributed by atoms with Crippen LogP contribution in [0.1, 0.15) is 52.9 Å². The number of aromatic nitrogens is 4. The summed E-state index contributed by atoms with van der Waals surface area (Å²) in [5.41, 5.74) is 9.63. The summed E-state index contributed by atoms with van der Waals surface area (Å²) in [5, 5.41) is 5.78. The first-order chi connectivity index (χ1) is 23.1. The van der Waals surface area contributed by atoms with Gasteiger partial charge in [0.2, 0.25) is 0 Å². The van der Waals surface area contributed by atoms with Gasteiger partial charge in [0.15, 0.2) is 0 Å². The van der Waals surface area contributed by atoms with E-state index in [1.54, 1.807) is 0 Å². The van der Waals surface area contributed by atoms with Crippen molar-refractivity contribution in [3.05, 3.63) is 127 Å². The Bertz CT molecular complexity index is 2510. The number of pyridine rings is 3. The zero-order valence-electron chi connectivity index (χ0n) is 29.1. The first-order valence-corrected chi connectivity index (χ1v) is 19.7. The van der Waals surface area contributed by atoms with Gasteiger partial charge in [0.05, 0.1) is 11.0 Å². The number of benzene rings is 4. The maximum Gasteiger partial charge on any atom is 2.00 e. The molecule has 0 spiro atoms. The molecule has 0 amide bonds. The summed E-state index contributed by atoms with van der Waals surface area (Å²) in [6.07, 6.45) is 0. The monoisotopic (exact) mass is 835 g/mol. The van der Waals surface area contributed by atoms with Crippen LogP contribution in [0.2, 0.25) is 17.6 Å². The van der Waals surface area contributed by atoms with Crippen molar-refractivity contribution in [2.45, 2.75) is 64.6 Å². The van der Waals surface area contributed by atoms with Gasteiger partial charge in [0, 0.05) is 41.3 Å². The molecule has 4 aromatic carbocycles. The summed E-state index contributed by atoms with van der Waals surface area (Å²) in [7, 11) is -1.67. The van der Waals surface area contributed by atoms with Crippen molar-refractivity contribution < 1.29 is 21.1 Å². The second-order valence-corrected chi connectivity index (χ2v) is 20.0. The molecule has 4 aromatic heterocycles. The molecule has 0 saturated heterocycles. The smallest absolute Gasteiger partial charge is 0.307 e. The van der Waals surface area contributed by atoms with Crippen LogP contribution < -0.4 is 5.19 Å². The van der Waals surface area contributed by atoms with Gasteiger partial charge in [-0.05, 0) is 49.2 Å². The fourth-order valence-corrected chi connectivity index (χ4v) is 11.1. The normalized spacial score (nSPS) is 12.6. The summed E-state index contributed by atoms with van der Waals surface area (Å²) < 4.78 is 2.24. The Morgan fingerprint density at radius 2 is 1.47 bits per heavy atom. The van der Waals surface area contributed by atoms with E-state index in [4.69, 9.17) is 15.0 Å². The third-order valence-electron chi connectivity index (χ3n) is 11.1. The molecule has 0 atom stereocenters. The van der Waals surface area contributed by atoms with E-state index in [9.17, 15) is 0 Å². The standard InChI is InChI=1S/C43H40N4Si.Pt/c1-27(2)48(7,28(3)4)31-22-20-29(21-23-31)36-26-30-14-8-9-15-32(30)41(44-36)43(5,6)39-25-24-38-40(46-39)33-16-10-11-17-34(33)42-45-35-18-12-13-19-37(35)47(38)42;/h8-15,17-20,22-28H,1-7H3;/q-2;+2. The summed E-state index contributed by atoms with van der Waals surface area (Å²) in [4.78, 5) is 15.9. The van der Waals surface area contributed by atoms with Gasteiger partial charge >= 0.3 is 21.1 Å². The number of para-hydroxylation sites is 2. The van der Waals surface area contributed by atoms with E-state index >= 15 is 0 Å². The van der Waals surface area contributed by atoms with Crippen LogP contribution >= 0.6 is 0 Å². The van der Waals surface area contributed by atoms with E-state index in [-0.39, 0.29) is 21.1 Å². The molecule has 8 aromatic rings. The molecule has 246 valence electrons. The largest absolute Gasteiger partial charge is 2.00 e. The van der Waals surface area contributed by atoms with E-state index in [0.29, 0.717) is 11.1 Å². The molecular formula is C43H40N4PtSi. The molecule has 0 aliphatic heterocycles. The summed E-state index contributed by atoms with van der Waals surface area (Å²) in [6.45, 7) is 16.5. The molecule has 0 unspecified atom stereocenters. The minimum Gasteiger partial charge on any atom is -0.307 e. The maximum absolute atomic E-state index is 5.45. The predicted octanol–water partition coefficient (Wildman–Crippen LogP) is 10.4. The minimum absolute atomic E-state index is 0. The van der Waals surface area contributed by atoms with Crippen molar-refractivity contribution in [3.8, 4) is 11.3 Å². The van der Waals surface area contributed by atoms with Gasteiger partial charge in [0.25, 0.3) is 0 Å². The van der Waals surface area contributed by atoms with Crippen molar-refractivity contribution >= 4 is 62.5 Å². The van der Waals surface area contributed by atoms with Crippen molar-refractivity contribution in [3.63, 3.8) is 0 Å². The topological polar surface area (TPSA) is 43.1 Å². The van der Waals surface area contributed by atoms with E-state index in [2.05, 4.69) is 150 Å². The van der Waals surface area contributed by atoms with Crippen LogP contribution in [-0.4, -0.2) is 27.4 Å². The van der Waals surface area contributed by atoms with Crippen LogP contribution in [0.15, 0.2) is 103 Å². The van der Waals surface area contributed by atoms with Crippen molar-refractivity contribution in [1.29, 1.82) is 0 Å². The average molecular weight is 836 g/mol. The van der Waals surface area contributed by atoms with Crippen LogP contribution in [0.3, 0.4) is 0 Å². The van der Waals surface area contributed by atoms with Crippen LogP contribution in [0.4, 0.5) is 0 Å². The van der Waals surface area contributed by atoms with E-state index in [1.807, 2.05) is 18.2 Å². The Morgan fingerprint density at radius 3 is 2.22 bits per heavy atom. The van der Waals surface area contributed by atoms with Crippen LogP contribution in [0.5, 0.6) is 0 Å². The Labute approximate surface area is 303 Å². The Kier molecular flexibility index (Phi) is 8.36. The molecule has 4 heterocycles. The second kappa shape index (κ2) is 12.3. The number of imidazole rings is 1. The van der Waals surface area contributed by atoms with E-state index in [0.717, 1.165) is 71.9 Å². The molecule has 0 N–H and O–H groups in total. The predicted molar refractivity (Wildman–Crippen MR) is 204 cm³/mol. The number of hydrogen-bond donors (Lipinski definition) is 0. The van der Waals surface area contributed by atoms with Gasteiger partial charge in [-0.1, -0.05) is 93.2 Å². The number of nitrogens with zero attached hydrogens (tertiary/aromatic N) is 4. The van der Waals surface area contributed by atoms with Gasteiger partial charge in [0.1, 0.15) is 5.65 Å². The molecular weight excluding hydrogens is 796 g/mol. The SMILES string of the molecule is CC(C)[Si](C)(c1c[c-]c(-c2cc3ccccc3c(C(C)(C)c3ccc4c(n3)c3[c-]cccc3c3nc5ccccc5n43)n2)cc1)C(C)C.[Pt+2]. The molecule has 0 fully saturated rings. The second-order valence-electron chi connectivity index (χ2n) is 14.6. The average Bonchev–Trinajstić information content (AvgIpc) is 3.50.